The normalized spacial score (nSPS) is 13.2. The molecule has 154 valence electrons. The first-order chi connectivity index (χ1) is 12.7. The van der Waals surface area contributed by atoms with Crippen molar-refractivity contribution in [2.45, 2.75) is 97.3 Å². The van der Waals surface area contributed by atoms with Gasteiger partial charge in [-0.25, -0.2) is 0 Å². The number of aromatic amines is 1. The third-order valence-electron chi connectivity index (χ3n) is 6.02. The topological polar surface area (TPSA) is 45.8 Å². The summed E-state index contributed by atoms with van der Waals surface area (Å²) in [6, 6.07) is 6.19. The summed E-state index contributed by atoms with van der Waals surface area (Å²) in [6.45, 7) is 20.0. The molecule has 2 aromatic rings. The first kappa shape index (κ1) is 22.4. The highest BCUT2D eigenvalue weighted by Gasteiger charge is 2.29. The Morgan fingerprint density at radius 2 is 1.43 bits per heavy atom. The second kappa shape index (κ2) is 7.85. The highest BCUT2D eigenvalue weighted by Crippen LogP contribution is 2.36. The van der Waals surface area contributed by atoms with Gasteiger partial charge in [0.2, 0.25) is 5.56 Å². The van der Waals surface area contributed by atoms with Crippen LogP contribution in [0.4, 0.5) is 0 Å². The average molecular weight is 383 g/mol. The lowest BCUT2D eigenvalue weighted by atomic mass is 9.73. The maximum atomic E-state index is 12.2. The number of hydrogen-bond acceptors (Lipinski definition) is 2. The molecular formula is C25H38N2O. The smallest absolute Gasteiger partial charge is 0.248 e. The molecule has 0 saturated heterocycles. The van der Waals surface area contributed by atoms with E-state index in [1.54, 1.807) is 6.07 Å². The number of aromatic nitrogens is 2. The van der Waals surface area contributed by atoms with Gasteiger partial charge in [-0.2, -0.15) is 0 Å². The third-order valence-corrected chi connectivity index (χ3v) is 6.02. The third kappa shape index (κ3) is 5.33. The van der Waals surface area contributed by atoms with Crippen molar-refractivity contribution in [1.29, 1.82) is 0 Å². The quantitative estimate of drug-likeness (QED) is 0.644. The SMILES string of the molecule is CC(C)c1cc(C(C)(C)CCC(C)(C)c2cncc(C(C)(C)C)c2)[nH]c(=O)c1. The number of nitrogens with zero attached hydrogens (tertiary/aromatic N) is 1. The van der Waals surface area contributed by atoms with Crippen LogP contribution in [-0.4, -0.2) is 9.97 Å². The maximum absolute atomic E-state index is 12.2. The molecule has 0 saturated carbocycles. The van der Waals surface area contributed by atoms with Crippen molar-refractivity contribution >= 4 is 0 Å². The highest BCUT2D eigenvalue weighted by atomic mass is 16.1. The number of hydrogen-bond donors (Lipinski definition) is 1. The molecular weight excluding hydrogens is 344 g/mol. The van der Waals surface area contributed by atoms with E-state index in [1.807, 2.05) is 12.4 Å². The van der Waals surface area contributed by atoms with Crippen LogP contribution in [0.15, 0.2) is 35.4 Å². The molecule has 0 spiro atoms. The van der Waals surface area contributed by atoms with Crippen LogP contribution in [-0.2, 0) is 16.2 Å². The van der Waals surface area contributed by atoms with E-state index in [-0.39, 0.29) is 21.8 Å². The molecule has 2 rings (SSSR count). The van der Waals surface area contributed by atoms with E-state index in [9.17, 15) is 4.79 Å². The Morgan fingerprint density at radius 1 is 0.857 bits per heavy atom. The zero-order chi connectivity index (χ0) is 21.3. The summed E-state index contributed by atoms with van der Waals surface area (Å²) in [5.74, 6) is 0.347. The van der Waals surface area contributed by atoms with E-state index in [2.05, 4.69) is 84.4 Å². The van der Waals surface area contributed by atoms with Gasteiger partial charge in [0.1, 0.15) is 0 Å². The molecule has 3 nitrogen and oxygen atoms in total. The Hall–Kier alpha value is -1.90. The molecule has 1 N–H and O–H groups in total. The fraction of sp³-hybridized carbons (Fsp3) is 0.600. The van der Waals surface area contributed by atoms with E-state index in [4.69, 9.17) is 0 Å². The van der Waals surface area contributed by atoms with Gasteiger partial charge in [0.05, 0.1) is 0 Å². The van der Waals surface area contributed by atoms with Crippen LogP contribution in [0.25, 0.3) is 0 Å². The van der Waals surface area contributed by atoms with Crippen molar-refractivity contribution in [3.63, 3.8) is 0 Å². The maximum Gasteiger partial charge on any atom is 0.248 e. The van der Waals surface area contributed by atoms with Gasteiger partial charge < -0.3 is 4.98 Å². The minimum atomic E-state index is -0.101. The average Bonchev–Trinajstić information content (AvgIpc) is 2.59. The van der Waals surface area contributed by atoms with Gasteiger partial charge in [-0.05, 0) is 52.3 Å². The van der Waals surface area contributed by atoms with Gasteiger partial charge >= 0.3 is 0 Å². The Labute approximate surface area is 171 Å². The fourth-order valence-corrected chi connectivity index (χ4v) is 3.39. The van der Waals surface area contributed by atoms with Gasteiger partial charge in [0.15, 0.2) is 0 Å². The second-order valence-corrected chi connectivity index (χ2v) is 10.8. The summed E-state index contributed by atoms with van der Waals surface area (Å²) in [5, 5.41) is 0. The Morgan fingerprint density at radius 3 is 2.00 bits per heavy atom. The monoisotopic (exact) mass is 382 g/mol. The van der Waals surface area contributed by atoms with Crippen LogP contribution in [0.1, 0.15) is 103 Å². The molecule has 0 bridgehead atoms. The van der Waals surface area contributed by atoms with E-state index >= 15 is 0 Å². The Kier molecular flexibility index (Phi) is 6.28. The lowest BCUT2D eigenvalue weighted by Crippen LogP contribution is -2.27. The van der Waals surface area contributed by atoms with E-state index < -0.39 is 0 Å². The Bertz CT molecular complexity index is 867. The molecule has 0 radical (unpaired) electrons. The lowest BCUT2D eigenvalue weighted by molar-refractivity contribution is 0.367. The van der Waals surface area contributed by atoms with Crippen LogP contribution in [0.3, 0.4) is 0 Å². The highest BCUT2D eigenvalue weighted by molar-refractivity contribution is 5.30. The summed E-state index contributed by atoms with van der Waals surface area (Å²) < 4.78 is 0. The van der Waals surface area contributed by atoms with Gasteiger partial charge in [0, 0.05) is 29.6 Å². The van der Waals surface area contributed by atoms with Crippen molar-refractivity contribution in [2.24, 2.45) is 0 Å². The van der Waals surface area contributed by atoms with Gasteiger partial charge in [-0.1, -0.05) is 68.4 Å². The van der Waals surface area contributed by atoms with Crippen LogP contribution in [0, 0.1) is 0 Å². The molecule has 0 aliphatic heterocycles. The molecule has 0 aliphatic carbocycles. The summed E-state index contributed by atoms with van der Waals surface area (Å²) >= 11 is 0. The van der Waals surface area contributed by atoms with Crippen molar-refractivity contribution in [2.75, 3.05) is 0 Å². The number of nitrogens with one attached hydrogen (secondary N) is 1. The molecule has 0 unspecified atom stereocenters. The summed E-state index contributed by atoms with van der Waals surface area (Å²) in [5.41, 5.74) is 4.68. The van der Waals surface area contributed by atoms with E-state index in [0.29, 0.717) is 5.92 Å². The number of rotatable bonds is 6. The van der Waals surface area contributed by atoms with Crippen molar-refractivity contribution in [3.05, 3.63) is 63.3 Å². The summed E-state index contributed by atoms with van der Waals surface area (Å²) in [7, 11) is 0. The minimum Gasteiger partial charge on any atom is -0.326 e. The molecule has 0 aromatic carbocycles. The zero-order valence-electron chi connectivity index (χ0n) is 19.2. The Balaban J connectivity index is 2.25. The van der Waals surface area contributed by atoms with Crippen molar-refractivity contribution < 1.29 is 0 Å². The lowest BCUT2D eigenvalue weighted by Gasteiger charge is -2.32. The standard InChI is InChI=1S/C25H38N2O/c1-17(2)18-12-21(27-22(28)13-18)25(8,9)11-10-24(6,7)20-14-19(15-26-16-20)23(3,4)5/h12-17H,10-11H2,1-9H3,(H,27,28). The van der Waals surface area contributed by atoms with Crippen molar-refractivity contribution in [3.8, 4) is 0 Å². The van der Waals surface area contributed by atoms with E-state index in [0.717, 1.165) is 24.1 Å². The molecule has 2 heterocycles. The van der Waals surface area contributed by atoms with Crippen LogP contribution in [0.2, 0.25) is 0 Å². The van der Waals surface area contributed by atoms with Crippen LogP contribution >= 0.6 is 0 Å². The van der Waals surface area contributed by atoms with Crippen LogP contribution in [0.5, 0.6) is 0 Å². The first-order valence-corrected chi connectivity index (χ1v) is 10.4. The molecule has 0 amide bonds. The molecule has 0 atom stereocenters. The molecule has 28 heavy (non-hydrogen) atoms. The predicted molar refractivity (Wildman–Crippen MR) is 119 cm³/mol. The molecule has 3 heteroatoms. The number of H-pyrrole nitrogens is 1. The predicted octanol–water partition coefficient (Wildman–Crippen LogP) is 6.23. The van der Waals surface area contributed by atoms with Gasteiger partial charge in [0.25, 0.3) is 0 Å². The van der Waals surface area contributed by atoms with E-state index in [1.165, 1.54) is 11.1 Å². The number of pyridine rings is 2. The summed E-state index contributed by atoms with van der Waals surface area (Å²) in [6.07, 6.45) is 5.98. The second-order valence-electron chi connectivity index (χ2n) is 10.8. The largest absolute Gasteiger partial charge is 0.326 e. The van der Waals surface area contributed by atoms with Gasteiger partial charge in [-0.15, -0.1) is 0 Å². The van der Waals surface area contributed by atoms with Crippen LogP contribution < -0.4 is 5.56 Å². The molecule has 0 fully saturated rings. The molecule has 0 aliphatic rings. The fourth-order valence-electron chi connectivity index (χ4n) is 3.39. The minimum absolute atomic E-state index is 0.00406. The van der Waals surface area contributed by atoms with Gasteiger partial charge in [-0.3, -0.25) is 9.78 Å². The van der Waals surface area contributed by atoms with Crippen molar-refractivity contribution in [1.82, 2.24) is 9.97 Å². The zero-order valence-corrected chi connectivity index (χ0v) is 19.2. The molecule has 2 aromatic heterocycles. The summed E-state index contributed by atoms with van der Waals surface area (Å²) in [4.78, 5) is 19.7. The first-order valence-electron chi connectivity index (χ1n) is 10.4.